The normalized spacial score (nSPS) is 23.1. The van der Waals surface area contributed by atoms with Crippen molar-refractivity contribution in [2.24, 2.45) is 0 Å². The van der Waals surface area contributed by atoms with E-state index in [1.165, 1.54) is 70.0 Å². The Labute approximate surface area is 151 Å². The standard InChI is InChI=1S/C20H31N5/c1-2-8-19(9-3-1)25-17-21-15-20(25)16-23-12-5-4-7-18(23)10-14-24-13-6-11-22-24/h6,11,13,15,17-19H,1-5,7-10,12,14,16H2. The van der Waals surface area contributed by atoms with Crippen LogP contribution in [0.2, 0.25) is 0 Å². The molecule has 4 rings (SSSR count). The molecule has 1 aliphatic carbocycles. The molecule has 1 atom stereocenters. The van der Waals surface area contributed by atoms with Gasteiger partial charge in [-0.1, -0.05) is 25.7 Å². The number of likely N-dealkylation sites (tertiary alicyclic amines) is 1. The quantitative estimate of drug-likeness (QED) is 0.796. The van der Waals surface area contributed by atoms with Crippen molar-refractivity contribution in [3.8, 4) is 0 Å². The summed E-state index contributed by atoms with van der Waals surface area (Å²) in [6.07, 6.45) is 20.1. The maximum Gasteiger partial charge on any atom is 0.0951 e. The summed E-state index contributed by atoms with van der Waals surface area (Å²) >= 11 is 0. The number of nitrogens with zero attached hydrogens (tertiary/aromatic N) is 5. The van der Waals surface area contributed by atoms with Crippen LogP contribution in [-0.2, 0) is 13.1 Å². The number of hydrogen-bond acceptors (Lipinski definition) is 3. The summed E-state index contributed by atoms with van der Waals surface area (Å²) in [4.78, 5) is 7.19. The Morgan fingerprint density at radius 3 is 2.76 bits per heavy atom. The van der Waals surface area contributed by atoms with Crippen molar-refractivity contribution >= 4 is 0 Å². The molecule has 2 aromatic heterocycles. The van der Waals surface area contributed by atoms with Gasteiger partial charge in [-0.25, -0.2) is 4.98 Å². The van der Waals surface area contributed by atoms with Crippen LogP contribution >= 0.6 is 0 Å². The van der Waals surface area contributed by atoms with Crippen molar-refractivity contribution in [3.05, 3.63) is 36.7 Å². The molecule has 1 unspecified atom stereocenters. The Hall–Kier alpha value is -1.62. The second kappa shape index (κ2) is 8.17. The van der Waals surface area contributed by atoms with Crippen LogP contribution in [-0.4, -0.2) is 36.8 Å². The smallest absolute Gasteiger partial charge is 0.0951 e. The number of rotatable bonds is 6. The predicted molar refractivity (Wildman–Crippen MR) is 99.2 cm³/mol. The van der Waals surface area contributed by atoms with E-state index >= 15 is 0 Å². The lowest BCUT2D eigenvalue weighted by Gasteiger charge is -2.36. The summed E-state index contributed by atoms with van der Waals surface area (Å²) in [6, 6.07) is 3.37. The van der Waals surface area contributed by atoms with Gasteiger partial charge < -0.3 is 4.57 Å². The maximum absolute atomic E-state index is 4.50. The van der Waals surface area contributed by atoms with E-state index in [0.717, 1.165) is 13.1 Å². The lowest BCUT2D eigenvalue weighted by Crippen LogP contribution is -2.40. The molecule has 1 saturated carbocycles. The fourth-order valence-electron chi connectivity index (χ4n) is 4.66. The summed E-state index contributed by atoms with van der Waals surface area (Å²) in [5.74, 6) is 0. The highest BCUT2D eigenvalue weighted by atomic mass is 15.3. The molecule has 2 aliphatic rings. The van der Waals surface area contributed by atoms with Crippen molar-refractivity contribution in [2.75, 3.05) is 6.54 Å². The van der Waals surface area contributed by atoms with Gasteiger partial charge in [0.2, 0.25) is 0 Å². The summed E-state index contributed by atoms with van der Waals surface area (Å²) in [5, 5.41) is 4.36. The van der Waals surface area contributed by atoms with Gasteiger partial charge in [-0.05, 0) is 44.7 Å². The molecule has 0 amide bonds. The van der Waals surface area contributed by atoms with Crippen LogP contribution in [0, 0.1) is 0 Å². The zero-order valence-corrected chi connectivity index (χ0v) is 15.3. The van der Waals surface area contributed by atoms with Gasteiger partial charge in [0.05, 0.1) is 12.0 Å². The summed E-state index contributed by atoms with van der Waals surface area (Å²) < 4.78 is 4.55. The third kappa shape index (κ3) is 4.14. The maximum atomic E-state index is 4.50. The Morgan fingerprint density at radius 2 is 1.92 bits per heavy atom. The third-order valence-electron chi connectivity index (χ3n) is 6.08. The first-order valence-corrected chi connectivity index (χ1v) is 10.1. The number of imidazole rings is 1. The van der Waals surface area contributed by atoms with Crippen molar-refractivity contribution in [1.82, 2.24) is 24.2 Å². The molecule has 2 fully saturated rings. The summed E-state index contributed by atoms with van der Waals surface area (Å²) in [5.41, 5.74) is 1.41. The van der Waals surface area contributed by atoms with Gasteiger partial charge in [-0.2, -0.15) is 5.10 Å². The average Bonchev–Trinajstić information content (AvgIpc) is 3.33. The number of aromatic nitrogens is 4. The highest BCUT2D eigenvalue weighted by Gasteiger charge is 2.25. The molecule has 0 spiro atoms. The highest BCUT2D eigenvalue weighted by molar-refractivity contribution is 5.02. The van der Waals surface area contributed by atoms with Crippen LogP contribution < -0.4 is 0 Å². The van der Waals surface area contributed by atoms with Gasteiger partial charge >= 0.3 is 0 Å². The van der Waals surface area contributed by atoms with Crippen molar-refractivity contribution in [2.45, 2.75) is 83.0 Å². The first-order chi connectivity index (χ1) is 12.4. The van der Waals surface area contributed by atoms with Gasteiger partial charge in [0.15, 0.2) is 0 Å². The van der Waals surface area contributed by atoms with Crippen LogP contribution in [0.4, 0.5) is 0 Å². The zero-order valence-electron chi connectivity index (χ0n) is 15.3. The number of piperidine rings is 1. The molecule has 0 bridgehead atoms. The molecular formula is C20H31N5. The van der Waals surface area contributed by atoms with Crippen molar-refractivity contribution in [3.63, 3.8) is 0 Å². The van der Waals surface area contributed by atoms with E-state index in [1.54, 1.807) is 0 Å². The number of aryl methyl sites for hydroxylation is 1. The largest absolute Gasteiger partial charge is 0.330 e. The van der Waals surface area contributed by atoms with E-state index in [-0.39, 0.29) is 0 Å². The van der Waals surface area contributed by atoms with Gasteiger partial charge in [0, 0.05) is 43.8 Å². The number of hydrogen-bond donors (Lipinski definition) is 0. The molecule has 136 valence electrons. The molecule has 1 aliphatic heterocycles. The van der Waals surface area contributed by atoms with E-state index in [2.05, 4.69) is 43.0 Å². The topological polar surface area (TPSA) is 38.9 Å². The minimum absolute atomic E-state index is 0.674. The monoisotopic (exact) mass is 341 g/mol. The van der Waals surface area contributed by atoms with Crippen LogP contribution in [0.1, 0.15) is 69.5 Å². The molecule has 1 saturated heterocycles. The fourth-order valence-corrected chi connectivity index (χ4v) is 4.66. The first kappa shape index (κ1) is 16.8. The summed E-state index contributed by atoms with van der Waals surface area (Å²) in [6.45, 7) is 3.30. The van der Waals surface area contributed by atoms with E-state index < -0.39 is 0 Å². The Kier molecular flexibility index (Phi) is 5.50. The molecule has 2 aromatic rings. The third-order valence-corrected chi connectivity index (χ3v) is 6.08. The Balaban J connectivity index is 1.40. The molecule has 3 heterocycles. The van der Waals surface area contributed by atoms with Crippen LogP contribution in [0.25, 0.3) is 0 Å². The van der Waals surface area contributed by atoms with E-state index in [1.807, 2.05) is 12.3 Å². The molecule has 5 heteroatoms. The van der Waals surface area contributed by atoms with Gasteiger partial charge in [0.25, 0.3) is 0 Å². The lowest BCUT2D eigenvalue weighted by molar-refractivity contribution is 0.123. The second-order valence-electron chi connectivity index (χ2n) is 7.76. The lowest BCUT2D eigenvalue weighted by atomic mass is 9.95. The zero-order chi connectivity index (χ0) is 16.9. The molecular weight excluding hydrogens is 310 g/mol. The highest BCUT2D eigenvalue weighted by Crippen LogP contribution is 2.30. The van der Waals surface area contributed by atoms with Crippen LogP contribution in [0.3, 0.4) is 0 Å². The minimum Gasteiger partial charge on any atom is -0.330 e. The predicted octanol–water partition coefficient (Wildman–Crippen LogP) is 4.03. The molecule has 0 aromatic carbocycles. The van der Waals surface area contributed by atoms with Gasteiger partial charge in [-0.15, -0.1) is 0 Å². The molecule has 0 N–H and O–H groups in total. The molecule has 5 nitrogen and oxygen atoms in total. The fraction of sp³-hybridized carbons (Fsp3) is 0.700. The van der Waals surface area contributed by atoms with E-state index in [4.69, 9.17) is 0 Å². The molecule has 0 radical (unpaired) electrons. The Bertz CT molecular complexity index is 626. The van der Waals surface area contributed by atoms with Crippen molar-refractivity contribution < 1.29 is 0 Å². The van der Waals surface area contributed by atoms with Gasteiger partial charge in [0.1, 0.15) is 0 Å². The Morgan fingerprint density at radius 1 is 1.04 bits per heavy atom. The average molecular weight is 342 g/mol. The van der Waals surface area contributed by atoms with E-state index in [9.17, 15) is 0 Å². The molecule has 25 heavy (non-hydrogen) atoms. The SMILES string of the molecule is c1cnn(CCC2CCCCN2Cc2cncn2C2CCCCC2)c1. The van der Waals surface area contributed by atoms with Gasteiger partial charge in [-0.3, -0.25) is 9.58 Å². The van der Waals surface area contributed by atoms with Crippen LogP contribution in [0.5, 0.6) is 0 Å². The van der Waals surface area contributed by atoms with E-state index in [0.29, 0.717) is 12.1 Å². The first-order valence-electron chi connectivity index (χ1n) is 10.1. The van der Waals surface area contributed by atoms with Crippen molar-refractivity contribution in [1.29, 1.82) is 0 Å². The second-order valence-corrected chi connectivity index (χ2v) is 7.76. The summed E-state index contributed by atoms with van der Waals surface area (Å²) in [7, 11) is 0. The minimum atomic E-state index is 0.674. The van der Waals surface area contributed by atoms with Crippen LogP contribution in [0.15, 0.2) is 31.0 Å².